The molecule has 3 rings (SSSR count). The molecule has 5 nitrogen and oxygen atoms in total. The number of rotatable bonds is 4. The summed E-state index contributed by atoms with van der Waals surface area (Å²) in [6, 6.07) is 8.78. The number of benzene rings is 1. The molecule has 0 radical (unpaired) electrons. The van der Waals surface area contributed by atoms with E-state index in [1.165, 1.54) is 30.5 Å². The number of carbonyl (C=O) groups is 2. The highest BCUT2D eigenvalue weighted by Crippen LogP contribution is 2.38. The summed E-state index contributed by atoms with van der Waals surface area (Å²) in [5.74, 6) is -0.357. The number of esters is 1. The fourth-order valence-corrected chi connectivity index (χ4v) is 3.71. The first-order valence-electron chi connectivity index (χ1n) is 7.70. The molecule has 0 unspecified atom stereocenters. The summed E-state index contributed by atoms with van der Waals surface area (Å²) < 4.78 is 10.0. The van der Waals surface area contributed by atoms with Crippen LogP contribution in [0.25, 0.3) is 6.08 Å². The number of allylic oxidation sites excluding steroid dienone is 1. The largest absolute Gasteiger partial charge is 0.495 e. The highest BCUT2D eigenvalue weighted by atomic mass is 35.5. The maximum atomic E-state index is 13.1. The van der Waals surface area contributed by atoms with Gasteiger partial charge in [0.15, 0.2) is 0 Å². The van der Waals surface area contributed by atoms with Gasteiger partial charge in [0.1, 0.15) is 5.75 Å². The second-order valence-corrected chi connectivity index (χ2v) is 6.87. The molecule has 7 heteroatoms. The summed E-state index contributed by atoms with van der Waals surface area (Å²) in [7, 11) is 2.81. The van der Waals surface area contributed by atoms with Crippen LogP contribution in [-0.4, -0.2) is 26.1 Å². The van der Waals surface area contributed by atoms with Gasteiger partial charge in [-0.2, -0.15) is 0 Å². The molecule has 2 aromatic rings. The van der Waals surface area contributed by atoms with E-state index in [9.17, 15) is 9.59 Å². The second kappa shape index (κ2) is 7.35. The van der Waals surface area contributed by atoms with Gasteiger partial charge in [-0.15, -0.1) is 11.3 Å². The van der Waals surface area contributed by atoms with Gasteiger partial charge in [0.05, 0.1) is 36.1 Å². The lowest BCUT2D eigenvalue weighted by Crippen LogP contribution is -2.24. The number of amides is 1. The minimum Gasteiger partial charge on any atom is -0.495 e. The normalized spacial score (nSPS) is 15.8. The Morgan fingerprint density at radius 1 is 1.27 bits per heavy atom. The van der Waals surface area contributed by atoms with Crippen molar-refractivity contribution in [2.75, 3.05) is 19.1 Å². The van der Waals surface area contributed by atoms with Gasteiger partial charge < -0.3 is 9.47 Å². The van der Waals surface area contributed by atoms with Crippen LogP contribution in [0.4, 0.5) is 5.69 Å². The lowest BCUT2D eigenvalue weighted by atomic mass is 10.1. The average molecular weight is 390 g/mol. The first-order valence-corrected chi connectivity index (χ1v) is 8.96. The molecule has 0 saturated carbocycles. The number of nitrogens with zero attached hydrogens (tertiary/aromatic N) is 1. The first-order chi connectivity index (χ1) is 12.5. The van der Waals surface area contributed by atoms with Gasteiger partial charge in [-0.05, 0) is 42.6 Å². The molecule has 0 saturated heterocycles. The Balaban J connectivity index is 2.12. The summed E-state index contributed by atoms with van der Waals surface area (Å²) in [6.45, 7) is 1.71. The molecule has 1 aromatic carbocycles. The number of methoxy groups -OCH3 is 2. The third-order valence-electron chi connectivity index (χ3n) is 4.01. The Morgan fingerprint density at radius 2 is 2.04 bits per heavy atom. The van der Waals surface area contributed by atoms with Gasteiger partial charge in [-0.3, -0.25) is 9.69 Å². The maximum absolute atomic E-state index is 13.1. The van der Waals surface area contributed by atoms with E-state index in [1.54, 1.807) is 31.2 Å². The number of hydrogen-bond donors (Lipinski definition) is 0. The molecule has 1 aliphatic rings. The van der Waals surface area contributed by atoms with Crippen molar-refractivity contribution in [2.45, 2.75) is 6.92 Å². The first kappa shape index (κ1) is 18.2. The summed E-state index contributed by atoms with van der Waals surface area (Å²) >= 11 is 7.68. The molecule has 26 heavy (non-hydrogen) atoms. The number of anilines is 1. The second-order valence-electron chi connectivity index (χ2n) is 5.48. The van der Waals surface area contributed by atoms with Gasteiger partial charge in [0, 0.05) is 10.6 Å². The molecule has 0 atom stereocenters. The molecule has 134 valence electrons. The molecule has 1 aromatic heterocycles. The Kier molecular flexibility index (Phi) is 5.15. The smallest absolute Gasteiger partial charge is 0.340 e. The van der Waals surface area contributed by atoms with Gasteiger partial charge in [-0.1, -0.05) is 17.7 Å². The van der Waals surface area contributed by atoms with Gasteiger partial charge in [0.25, 0.3) is 5.91 Å². The van der Waals surface area contributed by atoms with Crippen molar-refractivity contribution >= 4 is 46.6 Å². The molecule has 2 heterocycles. The topological polar surface area (TPSA) is 55.8 Å². The van der Waals surface area contributed by atoms with Crippen LogP contribution in [0.15, 0.2) is 52.6 Å². The van der Waals surface area contributed by atoms with Crippen molar-refractivity contribution in [1.82, 2.24) is 0 Å². The molecular formula is C19H16ClNO4S. The van der Waals surface area contributed by atoms with Crippen LogP contribution >= 0.6 is 22.9 Å². The summed E-state index contributed by atoms with van der Waals surface area (Å²) in [5.41, 5.74) is 1.58. The monoisotopic (exact) mass is 389 g/mol. The molecule has 0 spiro atoms. The van der Waals surface area contributed by atoms with E-state index in [-0.39, 0.29) is 11.5 Å². The van der Waals surface area contributed by atoms with Crippen LogP contribution in [-0.2, 0) is 14.3 Å². The maximum Gasteiger partial charge on any atom is 0.340 e. The quantitative estimate of drug-likeness (QED) is 0.578. The van der Waals surface area contributed by atoms with Crippen molar-refractivity contribution in [3.8, 4) is 5.75 Å². The van der Waals surface area contributed by atoms with Gasteiger partial charge in [0.2, 0.25) is 0 Å². The van der Waals surface area contributed by atoms with Crippen LogP contribution in [0, 0.1) is 0 Å². The van der Waals surface area contributed by atoms with E-state index < -0.39 is 5.97 Å². The van der Waals surface area contributed by atoms with E-state index in [4.69, 9.17) is 21.1 Å². The fourth-order valence-electron chi connectivity index (χ4n) is 2.80. The highest BCUT2D eigenvalue weighted by molar-refractivity contribution is 7.10. The zero-order valence-electron chi connectivity index (χ0n) is 14.4. The lowest BCUT2D eigenvalue weighted by Gasteiger charge is -2.19. The fraction of sp³-hybridized carbons (Fsp3) is 0.158. The Labute approximate surface area is 160 Å². The third kappa shape index (κ3) is 3.13. The number of hydrogen-bond acceptors (Lipinski definition) is 5. The number of halogens is 1. The SMILES string of the molecule is COC(=O)C1=C(C)N(c2ccc(OC)c(Cl)c2)C(=O)C1=Cc1cccs1. The predicted molar refractivity (Wildman–Crippen MR) is 103 cm³/mol. The number of carbonyl (C=O) groups excluding carboxylic acids is 2. The Bertz CT molecular complexity index is 931. The van der Waals surface area contributed by atoms with Crippen molar-refractivity contribution in [3.05, 3.63) is 62.5 Å². The standard InChI is InChI=1S/C19H16ClNO4S/c1-11-17(19(23)25-3)14(10-13-5-4-8-26-13)18(22)21(11)12-6-7-16(24-2)15(20)9-12/h4-10H,1-3H3. The zero-order valence-corrected chi connectivity index (χ0v) is 16.0. The lowest BCUT2D eigenvalue weighted by molar-refractivity contribution is -0.136. The van der Waals surface area contributed by atoms with Crippen molar-refractivity contribution in [1.29, 1.82) is 0 Å². The van der Waals surface area contributed by atoms with E-state index in [2.05, 4.69) is 0 Å². The minimum atomic E-state index is -0.555. The molecule has 0 fully saturated rings. The number of thiophene rings is 1. The Hall–Kier alpha value is -2.57. The van der Waals surface area contributed by atoms with Crippen LogP contribution in [0.1, 0.15) is 11.8 Å². The summed E-state index contributed by atoms with van der Waals surface area (Å²) in [5, 5.41) is 2.28. The van der Waals surface area contributed by atoms with E-state index >= 15 is 0 Å². The molecular weight excluding hydrogens is 374 g/mol. The molecule has 1 amide bonds. The van der Waals surface area contributed by atoms with Crippen LogP contribution < -0.4 is 9.64 Å². The number of ether oxygens (including phenoxy) is 2. The molecule has 0 aliphatic carbocycles. The van der Waals surface area contributed by atoms with Crippen molar-refractivity contribution in [3.63, 3.8) is 0 Å². The minimum absolute atomic E-state index is 0.248. The molecule has 0 N–H and O–H groups in total. The van der Waals surface area contributed by atoms with E-state index in [1.807, 2.05) is 17.5 Å². The van der Waals surface area contributed by atoms with Crippen LogP contribution in [0.3, 0.4) is 0 Å². The van der Waals surface area contributed by atoms with Gasteiger partial charge >= 0.3 is 5.97 Å². The summed E-state index contributed by atoms with van der Waals surface area (Å²) in [6.07, 6.45) is 1.70. The van der Waals surface area contributed by atoms with Crippen molar-refractivity contribution < 1.29 is 19.1 Å². The predicted octanol–water partition coefficient (Wildman–Crippen LogP) is 4.29. The Morgan fingerprint density at radius 3 is 2.62 bits per heavy atom. The van der Waals surface area contributed by atoms with Crippen LogP contribution in [0.5, 0.6) is 5.75 Å². The summed E-state index contributed by atoms with van der Waals surface area (Å²) in [4.78, 5) is 27.7. The molecule has 0 bridgehead atoms. The van der Waals surface area contributed by atoms with E-state index in [0.29, 0.717) is 27.7 Å². The average Bonchev–Trinajstić information content (AvgIpc) is 3.22. The molecule has 1 aliphatic heterocycles. The van der Waals surface area contributed by atoms with Crippen molar-refractivity contribution in [2.24, 2.45) is 0 Å². The van der Waals surface area contributed by atoms with E-state index in [0.717, 1.165) is 4.88 Å². The van der Waals surface area contributed by atoms with Crippen LogP contribution in [0.2, 0.25) is 5.02 Å². The highest BCUT2D eigenvalue weighted by Gasteiger charge is 2.38. The van der Waals surface area contributed by atoms with Gasteiger partial charge in [-0.25, -0.2) is 4.79 Å². The third-order valence-corrected chi connectivity index (χ3v) is 5.13. The zero-order chi connectivity index (χ0) is 18.8.